The molecule has 118 valence electrons. The van der Waals surface area contributed by atoms with E-state index >= 15 is 0 Å². The van der Waals surface area contributed by atoms with Crippen molar-refractivity contribution in [3.05, 3.63) is 30.2 Å². The standard InChI is InChI=1S/C15H21N5O2/c1-4-6-12(16)14(21)18-13-10(2)19-20(3)15(13)22-11-7-5-8-17-9-11/h5,7-9,12H,4,6,16H2,1-3H3,(H,18,21). The maximum atomic E-state index is 12.1. The van der Waals surface area contributed by atoms with Crippen LogP contribution in [0.25, 0.3) is 0 Å². The summed E-state index contributed by atoms with van der Waals surface area (Å²) >= 11 is 0. The number of carbonyl (C=O) groups excluding carboxylic acids is 1. The Morgan fingerprint density at radius 2 is 2.32 bits per heavy atom. The van der Waals surface area contributed by atoms with E-state index in [1.54, 1.807) is 43.2 Å². The van der Waals surface area contributed by atoms with E-state index in [1.165, 1.54) is 0 Å². The number of amides is 1. The fraction of sp³-hybridized carbons (Fsp3) is 0.400. The van der Waals surface area contributed by atoms with Crippen molar-refractivity contribution in [1.82, 2.24) is 14.8 Å². The molecule has 0 aromatic carbocycles. The second-order valence-corrected chi connectivity index (χ2v) is 5.06. The molecule has 0 aliphatic heterocycles. The molecule has 2 aromatic heterocycles. The van der Waals surface area contributed by atoms with Gasteiger partial charge in [0.05, 0.1) is 17.9 Å². The number of aryl methyl sites for hydroxylation is 2. The quantitative estimate of drug-likeness (QED) is 0.851. The van der Waals surface area contributed by atoms with Crippen LogP contribution >= 0.6 is 0 Å². The molecular formula is C15H21N5O2. The highest BCUT2D eigenvalue weighted by Crippen LogP contribution is 2.31. The van der Waals surface area contributed by atoms with Crippen molar-refractivity contribution in [2.45, 2.75) is 32.7 Å². The Morgan fingerprint density at radius 1 is 1.55 bits per heavy atom. The van der Waals surface area contributed by atoms with E-state index < -0.39 is 6.04 Å². The van der Waals surface area contributed by atoms with Gasteiger partial charge >= 0.3 is 0 Å². The maximum Gasteiger partial charge on any atom is 0.241 e. The van der Waals surface area contributed by atoms with E-state index in [1.807, 2.05) is 6.92 Å². The predicted molar refractivity (Wildman–Crippen MR) is 83.8 cm³/mol. The second-order valence-electron chi connectivity index (χ2n) is 5.06. The molecule has 2 rings (SSSR count). The summed E-state index contributed by atoms with van der Waals surface area (Å²) in [5.74, 6) is 0.774. The van der Waals surface area contributed by atoms with Gasteiger partial charge in [-0.1, -0.05) is 13.3 Å². The van der Waals surface area contributed by atoms with Crippen molar-refractivity contribution >= 4 is 11.6 Å². The predicted octanol–water partition coefficient (Wildman–Crippen LogP) is 1.98. The Hall–Kier alpha value is -2.41. The lowest BCUT2D eigenvalue weighted by molar-refractivity contribution is -0.117. The first kappa shape index (κ1) is 16.0. The van der Waals surface area contributed by atoms with Crippen LogP contribution in [0.5, 0.6) is 11.6 Å². The molecule has 22 heavy (non-hydrogen) atoms. The highest BCUT2D eigenvalue weighted by Gasteiger charge is 2.20. The molecule has 1 amide bonds. The third kappa shape index (κ3) is 3.62. The summed E-state index contributed by atoms with van der Waals surface area (Å²) in [4.78, 5) is 16.1. The first-order valence-electron chi connectivity index (χ1n) is 7.20. The van der Waals surface area contributed by atoms with Gasteiger partial charge in [-0.05, 0) is 25.5 Å². The molecule has 2 heterocycles. The topological polar surface area (TPSA) is 95.1 Å². The largest absolute Gasteiger partial charge is 0.436 e. The average Bonchev–Trinajstić information content (AvgIpc) is 2.75. The number of anilines is 1. The van der Waals surface area contributed by atoms with Gasteiger partial charge in [-0.2, -0.15) is 5.10 Å². The van der Waals surface area contributed by atoms with E-state index in [-0.39, 0.29) is 5.91 Å². The van der Waals surface area contributed by atoms with Gasteiger partial charge in [0.15, 0.2) is 0 Å². The van der Waals surface area contributed by atoms with Crippen molar-refractivity contribution in [3.63, 3.8) is 0 Å². The highest BCUT2D eigenvalue weighted by atomic mass is 16.5. The van der Waals surface area contributed by atoms with E-state index in [4.69, 9.17) is 10.5 Å². The van der Waals surface area contributed by atoms with Crippen molar-refractivity contribution in [1.29, 1.82) is 0 Å². The Balaban J connectivity index is 2.22. The number of carbonyl (C=O) groups is 1. The molecule has 0 saturated carbocycles. The van der Waals surface area contributed by atoms with Crippen LogP contribution in [0.4, 0.5) is 5.69 Å². The van der Waals surface area contributed by atoms with Crippen molar-refractivity contribution < 1.29 is 9.53 Å². The van der Waals surface area contributed by atoms with Gasteiger partial charge in [0.25, 0.3) is 0 Å². The lowest BCUT2D eigenvalue weighted by atomic mass is 10.1. The van der Waals surface area contributed by atoms with E-state index in [0.717, 1.165) is 6.42 Å². The lowest BCUT2D eigenvalue weighted by Gasteiger charge is -2.13. The average molecular weight is 303 g/mol. The number of hydrogen-bond acceptors (Lipinski definition) is 5. The van der Waals surface area contributed by atoms with Crippen LogP contribution in [-0.2, 0) is 11.8 Å². The Bertz CT molecular complexity index is 639. The van der Waals surface area contributed by atoms with Gasteiger partial charge < -0.3 is 15.8 Å². The van der Waals surface area contributed by atoms with E-state index in [0.29, 0.717) is 29.4 Å². The van der Waals surface area contributed by atoms with Crippen molar-refractivity contribution in [2.24, 2.45) is 12.8 Å². The summed E-state index contributed by atoms with van der Waals surface area (Å²) in [6, 6.07) is 3.01. The molecule has 0 fully saturated rings. The highest BCUT2D eigenvalue weighted by molar-refractivity contribution is 5.96. The van der Waals surface area contributed by atoms with Crippen molar-refractivity contribution in [3.8, 4) is 11.6 Å². The number of nitrogens with zero attached hydrogens (tertiary/aromatic N) is 3. The molecule has 0 radical (unpaired) electrons. The molecule has 0 spiro atoms. The van der Waals surface area contributed by atoms with Crippen LogP contribution in [0.15, 0.2) is 24.5 Å². The number of ether oxygens (including phenoxy) is 1. The molecule has 0 aliphatic carbocycles. The molecule has 0 bridgehead atoms. The van der Waals surface area contributed by atoms with Crippen LogP contribution in [0.1, 0.15) is 25.5 Å². The van der Waals surface area contributed by atoms with Gasteiger partial charge in [-0.3, -0.25) is 9.78 Å². The Kier molecular flexibility index (Phi) is 5.11. The summed E-state index contributed by atoms with van der Waals surface area (Å²) < 4.78 is 7.36. The maximum absolute atomic E-state index is 12.1. The zero-order valence-corrected chi connectivity index (χ0v) is 13.0. The van der Waals surface area contributed by atoms with Crippen LogP contribution in [0.2, 0.25) is 0 Å². The molecule has 0 saturated heterocycles. The molecule has 0 aliphatic rings. The Labute approximate surface area is 129 Å². The number of pyridine rings is 1. The minimum absolute atomic E-state index is 0.242. The molecule has 3 N–H and O–H groups in total. The molecule has 7 heteroatoms. The van der Waals surface area contributed by atoms with Gasteiger partial charge in [-0.15, -0.1) is 0 Å². The SMILES string of the molecule is CCCC(N)C(=O)Nc1c(C)nn(C)c1Oc1cccnc1. The number of nitrogens with one attached hydrogen (secondary N) is 1. The zero-order chi connectivity index (χ0) is 16.1. The smallest absolute Gasteiger partial charge is 0.241 e. The number of hydrogen-bond donors (Lipinski definition) is 2. The number of rotatable bonds is 6. The zero-order valence-electron chi connectivity index (χ0n) is 13.0. The van der Waals surface area contributed by atoms with Gasteiger partial charge in [0.1, 0.15) is 11.4 Å². The van der Waals surface area contributed by atoms with Crippen molar-refractivity contribution in [2.75, 3.05) is 5.32 Å². The molecule has 2 aromatic rings. The molecule has 1 unspecified atom stereocenters. The number of nitrogens with two attached hydrogens (primary N) is 1. The summed E-state index contributed by atoms with van der Waals surface area (Å²) in [5.41, 5.74) is 7.04. The van der Waals surface area contributed by atoms with Crippen LogP contribution in [-0.4, -0.2) is 26.7 Å². The van der Waals surface area contributed by atoms with Crippen LogP contribution in [0.3, 0.4) is 0 Å². The normalized spacial score (nSPS) is 12.0. The molecule has 1 atom stereocenters. The van der Waals surface area contributed by atoms with Gasteiger partial charge in [0, 0.05) is 13.2 Å². The third-order valence-corrected chi connectivity index (χ3v) is 3.20. The minimum Gasteiger partial charge on any atom is -0.436 e. The van der Waals surface area contributed by atoms with Gasteiger partial charge in [0.2, 0.25) is 11.8 Å². The summed E-state index contributed by atoms with van der Waals surface area (Å²) in [7, 11) is 1.75. The lowest BCUT2D eigenvalue weighted by Crippen LogP contribution is -2.35. The monoisotopic (exact) mass is 303 g/mol. The fourth-order valence-corrected chi connectivity index (χ4v) is 2.08. The second kappa shape index (κ2) is 7.04. The van der Waals surface area contributed by atoms with Gasteiger partial charge in [-0.25, -0.2) is 4.68 Å². The third-order valence-electron chi connectivity index (χ3n) is 3.20. The number of aromatic nitrogens is 3. The minimum atomic E-state index is -0.546. The molecule has 7 nitrogen and oxygen atoms in total. The summed E-state index contributed by atoms with van der Waals surface area (Å²) in [6.07, 6.45) is 4.73. The first-order valence-corrected chi connectivity index (χ1v) is 7.20. The molecular weight excluding hydrogens is 282 g/mol. The first-order chi connectivity index (χ1) is 10.5. The summed E-state index contributed by atoms with van der Waals surface area (Å²) in [5, 5.41) is 7.09. The Morgan fingerprint density at radius 3 is 2.95 bits per heavy atom. The van der Waals surface area contributed by atoms with E-state index in [9.17, 15) is 4.79 Å². The fourth-order valence-electron chi connectivity index (χ4n) is 2.08. The summed E-state index contributed by atoms with van der Waals surface area (Å²) in [6.45, 7) is 3.79. The van der Waals surface area contributed by atoms with Crippen LogP contribution < -0.4 is 15.8 Å². The van der Waals surface area contributed by atoms with Crippen LogP contribution in [0, 0.1) is 6.92 Å². The van der Waals surface area contributed by atoms with E-state index in [2.05, 4.69) is 15.4 Å².